The second-order valence-electron chi connectivity index (χ2n) is 7.26. The lowest BCUT2D eigenvalue weighted by molar-refractivity contribution is -0.119. The molecule has 3 aromatic rings. The quantitative estimate of drug-likeness (QED) is 0.607. The van der Waals surface area contributed by atoms with Crippen LogP contribution in [0.2, 0.25) is 0 Å². The maximum atomic E-state index is 14.2. The molecule has 1 aliphatic rings. The third kappa shape index (κ3) is 3.69. The summed E-state index contributed by atoms with van der Waals surface area (Å²) in [4.78, 5) is 29.0. The summed E-state index contributed by atoms with van der Waals surface area (Å²) in [5.74, 6) is -2.62. The third-order valence-corrected chi connectivity index (χ3v) is 6.42. The number of benzene rings is 2. The van der Waals surface area contributed by atoms with Gasteiger partial charge in [0.1, 0.15) is 11.6 Å². The number of halogens is 2. The molecule has 166 valence electrons. The number of carbonyl (C=O) groups excluding carboxylic acids is 2. The van der Waals surface area contributed by atoms with E-state index in [1.807, 2.05) is 17.5 Å². The van der Waals surface area contributed by atoms with E-state index < -0.39 is 29.5 Å². The number of hydrogen-bond donors (Lipinski definition) is 1. The van der Waals surface area contributed by atoms with Crippen LogP contribution in [0.5, 0.6) is 11.5 Å². The third-order valence-electron chi connectivity index (χ3n) is 5.48. The lowest BCUT2D eigenvalue weighted by Crippen LogP contribution is -2.43. The Morgan fingerprint density at radius 2 is 1.81 bits per heavy atom. The summed E-state index contributed by atoms with van der Waals surface area (Å²) < 4.78 is 38.3. The molecule has 2 amide bonds. The SMILES string of the molecule is COc1cc2c(cc1OC)[C@H](C(=O)Nc1ccc(F)cc1F)[C@H](c1cccs1)N(C)C2=O. The smallest absolute Gasteiger partial charge is 0.254 e. The van der Waals surface area contributed by atoms with Gasteiger partial charge in [-0.2, -0.15) is 0 Å². The van der Waals surface area contributed by atoms with Gasteiger partial charge < -0.3 is 19.7 Å². The van der Waals surface area contributed by atoms with Crippen LogP contribution in [0.3, 0.4) is 0 Å². The standard InChI is InChI=1S/C23H20F2N2O4S/c1-27-21(19-5-4-8-32-19)20(22(28)26-16-7-6-12(24)9-15(16)25)13-10-17(30-2)18(31-3)11-14(13)23(27)29/h4-11,20-21H,1-3H3,(H,26,28)/t20-,21-/m0/s1. The van der Waals surface area contributed by atoms with Crippen LogP contribution in [0.4, 0.5) is 14.5 Å². The molecule has 1 aliphatic heterocycles. The van der Waals surface area contributed by atoms with E-state index in [4.69, 9.17) is 9.47 Å². The molecular weight excluding hydrogens is 438 g/mol. The number of likely N-dealkylation sites (N-methyl/N-ethyl adjacent to an activating group) is 1. The predicted molar refractivity (Wildman–Crippen MR) is 116 cm³/mol. The van der Waals surface area contributed by atoms with Crippen LogP contribution in [-0.2, 0) is 4.79 Å². The number of hydrogen-bond acceptors (Lipinski definition) is 5. The van der Waals surface area contributed by atoms with E-state index in [1.165, 1.54) is 36.5 Å². The Balaban J connectivity index is 1.86. The van der Waals surface area contributed by atoms with Gasteiger partial charge in [0.15, 0.2) is 11.5 Å². The summed E-state index contributed by atoms with van der Waals surface area (Å²) in [6.07, 6.45) is 0. The second kappa shape index (κ2) is 8.58. The van der Waals surface area contributed by atoms with Gasteiger partial charge in [-0.05, 0) is 41.3 Å². The lowest BCUT2D eigenvalue weighted by atomic mass is 9.81. The number of rotatable bonds is 5. The van der Waals surface area contributed by atoms with Crippen LogP contribution in [0.15, 0.2) is 47.8 Å². The zero-order chi connectivity index (χ0) is 23.0. The minimum atomic E-state index is -0.890. The van der Waals surface area contributed by atoms with Crippen LogP contribution in [0.1, 0.15) is 32.8 Å². The highest BCUT2D eigenvalue weighted by Crippen LogP contribution is 2.46. The van der Waals surface area contributed by atoms with Gasteiger partial charge in [0.2, 0.25) is 5.91 Å². The number of carbonyl (C=O) groups is 2. The van der Waals surface area contributed by atoms with E-state index in [2.05, 4.69) is 5.32 Å². The summed E-state index contributed by atoms with van der Waals surface area (Å²) in [5, 5.41) is 4.41. The molecule has 0 fully saturated rings. The van der Waals surface area contributed by atoms with Gasteiger partial charge in [-0.15, -0.1) is 11.3 Å². The van der Waals surface area contributed by atoms with E-state index in [9.17, 15) is 18.4 Å². The van der Waals surface area contributed by atoms with Gasteiger partial charge in [-0.1, -0.05) is 6.07 Å². The number of ether oxygens (including phenoxy) is 2. The van der Waals surface area contributed by atoms with Crippen molar-refractivity contribution >= 4 is 28.8 Å². The molecule has 9 heteroatoms. The largest absolute Gasteiger partial charge is 0.493 e. The number of methoxy groups -OCH3 is 2. The molecule has 32 heavy (non-hydrogen) atoms. The van der Waals surface area contributed by atoms with E-state index >= 15 is 0 Å². The summed E-state index contributed by atoms with van der Waals surface area (Å²) >= 11 is 1.41. The Bertz CT molecular complexity index is 1180. The minimum absolute atomic E-state index is 0.150. The van der Waals surface area contributed by atoms with Crippen molar-refractivity contribution in [3.63, 3.8) is 0 Å². The zero-order valence-corrected chi connectivity index (χ0v) is 18.3. The van der Waals surface area contributed by atoms with E-state index in [1.54, 1.807) is 13.1 Å². The Morgan fingerprint density at radius 3 is 2.44 bits per heavy atom. The molecule has 0 saturated carbocycles. The number of nitrogens with zero attached hydrogens (tertiary/aromatic N) is 1. The molecular formula is C23H20F2N2O4S. The summed E-state index contributed by atoms with van der Waals surface area (Å²) in [7, 11) is 4.53. The fourth-order valence-electron chi connectivity index (χ4n) is 3.95. The Kier molecular flexibility index (Phi) is 5.84. The fraction of sp³-hybridized carbons (Fsp3) is 0.217. The first-order chi connectivity index (χ1) is 15.3. The molecule has 4 rings (SSSR count). The Labute approximate surface area is 187 Å². The number of thiophene rings is 1. The van der Waals surface area contributed by atoms with Crippen molar-refractivity contribution in [1.29, 1.82) is 0 Å². The van der Waals surface area contributed by atoms with Crippen LogP contribution in [-0.4, -0.2) is 38.0 Å². The molecule has 2 heterocycles. The van der Waals surface area contributed by atoms with Gasteiger partial charge in [0.25, 0.3) is 5.91 Å². The molecule has 2 aromatic carbocycles. The maximum absolute atomic E-state index is 14.2. The average molecular weight is 458 g/mol. The van der Waals surface area contributed by atoms with Gasteiger partial charge in [-0.25, -0.2) is 8.78 Å². The molecule has 0 spiro atoms. The van der Waals surface area contributed by atoms with E-state index in [0.717, 1.165) is 17.0 Å². The number of nitrogens with one attached hydrogen (secondary N) is 1. The van der Waals surface area contributed by atoms with Crippen molar-refractivity contribution in [2.24, 2.45) is 0 Å². The van der Waals surface area contributed by atoms with Crippen molar-refractivity contribution < 1.29 is 27.8 Å². The Morgan fingerprint density at radius 1 is 1.09 bits per heavy atom. The van der Waals surface area contributed by atoms with Gasteiger partial charge in [-0.3, -0.25) is 9.59 Å². The van der Waals surface area contributed by atoms with Crippen molar-refractivity contribution in [3.05, 3.63) is 75.5 Å². The first kappa shape index (κ1) is 21.8. The highest BCUT2D eigenvalue weighted by molar-refractivity contribution is 7.10. The first-order valence-corrected chi connectivity index (χ1v) is 10.6. The Hall–Kier alpha value is -3.46. The van der Waals surface area contributed by atoms with Crippen LogP contribution in [0.25, 0.3) is 0 Å². The second-order valence-corrected chi connectivity index (χ2v) is 8.24. The molecule has 0 unspecified atom stereocenters. The number of fused-ring (bicyclic) bond motifs is 1. The summed E-state index contributed by atoms with van der Waals surface area (Å²) in [6, 6.07) is 9.10. The molecule has 1 aromatic heterocycles. The summed E-state index contributed by atoms with van der Waals surface area (Å²) in [5.41, 5.74) is 0.574. The van der Waals surface area contributed by atoms with Crippen molar-refractivity contribution in [2.75, 3.05) is 26.6 Å². The lowest BCUT2D eigenvalue weighted by Gasteiger charge is -2.39. The number of amides is 2. The predicted octanol–water partition coefficient (Wildman–Crippen LogP) is 4.59. The first-order valence-electron chi connectivity index (χ1n) is 9.68. The topological polar surface area (TPSA) is 67.9 Å². The molecule has 6 nitrogen and oxygen atoms in total. The van der Waals surface area contributed by atoms with Crippen molar-refractivity contribution in [1.82, 2.24) is 4.90 Å². The van der Waals surface area contributed by atoms with Crippen LogP contribution < -0.4 is 14.8 Å². The van der Waals surface area contributed by atoms with Crippen LogP contribution >= 0.6 is 11.3 Å². The highest BCUT2D eigenvalue weighted by atomic mass is 32.1. The molecule has 0 radical (unpaired) electrons. The van der Waals surface area contributed by atoms with Crippen molar-refractivity contribution in [2.45, 2.75) is 12.0 Å². The van der Waals surface area contributed by atoms with Crippen molar-refractivity contribution in [3.8, 4) is 11.5 Å². The maximum Gasteiger partial charge on any atom is 0.254 e. The molecule has 0 saturated heterocycles. The molecule has 0 aliphatic carbocycles. The normalized spacial score (nSPS) is 17.7. The highest BCUT2D eigenvalue weighted by Gasteiger charge is 2.44. The molecule has 1 N–H and O–H groups in total. The molecule has 2 atom stereocenters. The van der Waals surface area contributed by atoms with E-state index in [-0.39, 0.29) is 17.2 Å². The monoisotopic (exact) mass is 458 g/mol. The van der Waals surface area contributed by atoms with E-state index in [0.29, 0.717) is 23.1 Å². The minimum Gasteiger partial charge on any atom is -0.493 e. The van der Waals surface area contributed by atoms with Gasteiger partial charge in [0, 0.05) is 23.6 Å². The van der Waals surface area contributed by atoms with Gasteiger partial charge >= 0.3 is 0 Å². The zero-order valence-electron chi connectivity index (χ0n) is 17.5. The van der Waals surface area contributed by atoms with Gasteiger partial charge in [0.05, 0.1) is 31.9 Å². The average Bonchev–Trinajstić information content (AvgIpc) is 3.31. The molecule has 0 bridgehead atoms. The fourth-order valence-corrected chi connectivity index (χ4v) is 4.85. The number of anilines is 1. The summed E-state index contributed by atoms with van der Waals surface area (Å²) in [6.45, 7) is 0. The van der Waals surface area contributed by atoms with Crippen LogP contribution in [0, 0.1) is 11.6 Å².